The summed E-state index contributed by atoms with van der Waals surface area (Å²) < 4.78 is 0. The van der Waals surface area contributed by atoms with Gasteiger partial charge in [0.1, 0.15) is 0 Å². The van der Waals surface area contributed by atoms with Crippen molar-refractivity contribution >= 4 is 11.3 Å². The third-order valence-electron chi connectivity index (χ3n) is 4.31. The predicted octanol–water partition coefficient (Wildman–Crippen LogP) is 5.13. The zero-order valence-electron chi connectivity index (χ0n) is 12.1. The molecule has 0 radical (unpaired) electrons. The summed E-state index contributed by atoms with van der Waals surface area (Å²) in [5.41, 5.74) is 1.51. The SMILES string of the molecule is CCCC(NC1CC(c2ccccc2)C1)c1cccs1. The van der Waals surface area contributed by atoms with Crippen LogP contribution >= 0.6 is 11.3 Å². The van der Waals surface area contributed by atoms with E-state index in [0.29, 0.717) is 12.1 Å². The fourth-order valence-electron chi connectivity index (χ4n) is 3.12. The molecule has 1 fully saturated rings. The van der Waals surface area contributed by atoms with Crippen LogP contribution in [0.3, 0.4) is 0 Å². The van der Waals surface area contributed by atoms with Crippen molar-refractivity contribution in [2.45, 2.75) is 50.6 Å². The normalized spacial score (nSPS) is 23.2. The molecule has 106 valence electrons. The van der Waals surface area contributed by atoms with Crippen molar-refractivity contribution in [1.82, 2.24) is 5.32 Å². The average molecular weight is 285 g/mol. The van der Waals surface area contributed by atoms with Gasteiger partial charge in [-0.15, -0.1) is 11.3 Å². The van der Waals surface area contributed by atoms with Gasteiger partial charge in [-0.2, -0.15) is 0 Å². The molecule has 20 heavy (non-hydrogen) atoms. The number of rotatable bonds is 6. The summed E-state index contributed by atoms with van der Waals surface area (Å²) in [4.78, 5) is 1.50. The van der Waals surface area contributed by atoms with Gasteiger partial charge in [0.25, 0.3) is 0 Å². The van der Waals surface area contributed by atoms with Crippen molar-refractivity contribution in [1.29, 1.82) is 0 Å². The molecule has 0 amide bonds. The summed E-state index contributed by atoms with van der Waals surface area (Å²) >= 11 is 1.88. The quantitative estimate of drug-likeness (QED) is 0.776. The van der Waals surface area contributed by atoms with Crippen LogP contribution in [0.15, 0.2) is 47.8 Å². The lowest BCUT2D eigenvalue weighted by molar-refractivity contribution is 0.261. The molecule has 0 aliphatic heterocycles. The van der Waals surface area contributed by atoms with Gasteiger partial charge in [0.2, 0.25) is 0 Å². The Labute approximate surface area is 126 Å². The van der Waals surface area contributed by atoms with E-state index in [9.17, 15) is 0 Å². The Balaban J connectivity index is 1.54. The first kappa shape index (κ1) is 13.8. The van der Waals surface area contributed by atoms with E-state index in [1.165, 1.54) is 36.1 Å². The van der Waals surface area contributed by atoms with Crippen LogP contribution in [0.25, 0.3) is 0 Å². The highest BCUT2D eigenvalue weighted by Crippen LogP contribution is 2.38. The second-order valence-electron chi connectivity index (χ2n) is 5.80. The standard InChI is InChI=1S/C18H23NS/c1-2-7-17(18-10-6-11-20-18)19-16-12-15(13-16)14-8-4-3-5-9-14/h3-6,8-11,15-17,19H,2,7,12-13H2,1H3. The van der Waals surface area contributed by atoms with E-state index < -0.39 is 0 Å². The van der Waals surface area contributed by atoms with E-state index in [1.54, 1.807) is 0 Å². The first-order chi connectivity index (χ1) is 9.86. The minimum atomic E-state index is 0.557. The molecule has 2 heteroatoms. The van der Waals surface area contributed by atoms with Crippen LogP contribution in [0, 0.1) is 0 Å². The van der Waals surface area contributed by atoms with Gasteiger partial charge < -0.3 is 5.32 Å². The summed E-state index contributed by atoms with van der Waals surface area (Å²) in [6, 6.07) is 16.6. The monoisotopic (exact) mass is 285 g/mol. The molecule has 1 saturated carbocycles. The summed E-state index contributed by atoms with van der Waals surface area (Å²) in [6.07, 6.45) is 5.06. The summed E-state index contributed by atoms with van der Waals surface area (Å²) in [5.74, 6) is 0.763. The molecule has 1 atom stereocenters. The molecule has 1 aromatic heterocycles. The molecule has 1 N–H and O–H groups in total. The van der Waals surface area contributed by atoms with Crippen molar-refractivity contribution in [2.24, 2.45) is 0 Å². The minimum Gasteiger partial charge on any atom is -0.306 e. The van der Waals surface area contributed by atoms with Crippen LogP contribution in [-0.2, 0) is 0 Å². The molecule has 1 unspecified atom stereocenters. The first-order valence-corrected chi connectivity index (χ1v) is 8.59. The van der Waals surface area contributed by atoms with Crippen LogP contribution in [0.1, 0.15) is 55.0 Å². The van der Waals surface area contributed by atoms with E-state index >= 15 is 0 Å². The van der Waals surface area contributed by atoms with Crippen molar-refractivity contribution in [3.05, 3.63) is 58.3 Å². The zero-order valence-corrected chi connectivity index (χ0v) is 12.9. The Morgan fingerprint density at radius 2 is 1.95 bits per heavy atom. The number of hydrogen-bond acceptors (Lipinski definition) is 2. The van der Waals surface area contributed by atoms with Crippen LogP contribution < -0.4 is 5.32 Å². The van der Waals surface area contributed by atoms with Gasteiger partial charge in [-0.1, -0.05) is 49.7 Å². The number of nitrogens with one attached hydrogen (secondary N) is 1. The van der Waals surface area contributed by atoms with Crippen LogP contribution in [0.4, 0.5) is 0 Å². The zero-order chi connectivity index (χ0) is 13.8. The maximum Gasteiger partial charge on any atom is 0.0416 e. The van der Waals surface area contributed by atoms with Gasteiger partial charge >= 0.3 is 0 Å². The van der Waals surface area contributed by atoms with Gasteiger partial charge in [0.05, 0.1) is 0 Å². The van der Waals surface area contributed by atoms with E-state index in [-0.39, 0.29) is 0 Å². The molecule has 0 spiro atoms. The highest BCUT2D eigenvalue weighted by Gasteiger charge is 2.31. The van der Waals surface area contributed by atoms with Crippen LogP contribution in [0.5, 0.6) is 0 Å². The number of benzene rings is 1. The van der Waals surface area contributed by atoms with Crippen molar-refractivity contribution < 1.29 is 0 Å². The lowest BCUT2D eigenvalue weighted by Crippen LogP contribution is -2.41. The fraction of sp³-hybridized carbons (Fsp3) is 0.444. The third kappa shape index (κ3) is 3.13. The number of hydrogen-bond donors (Lipinski definition) is 1. The fourth-order valence-corrected chi connectivity index (χ4v) is 3.94. The molecule has 3 rings (SSSR count). The summed E-state index contributed by atoms with van der Waals surface area (Å²) in [6.45, 7) is 2.27. The van der Waals surface area contributed by atoms with Gasteiger partial charge in [0, 0.05) is 17.0 Å². The van der Waals surface area contributed by atoms with Crippen molar-refractivity contribution in [3.63, 3.8) is 0 Å². The molecule has 2 aromatic rings. The summed E-state index contributed by atoms with van der Waals surface area (Å²) in [5, 5.41) is 6.05. The van der Waals surface area contributed by atoms with Crippen molar-refractivity contribution in [3.8, 4) is 0 Å². The lowest BCUT2D eigenvalue weighted by Gasteiger charge is -2.38. The largest absolute Gasteiger partial charge is 0.306 e. The van der Waals surface area contributed by atoms with E-state index in [4.69, 9.17) is 0 Å². The highest BCUT2D eigenvalue weighted by atomic mass is 32.1. The molecule has 1 aliphatic carbocycles. The molecule has 0 saturated heterocycles. The lowest BCUT2D eigenvalue weighted by atomic mass is 9.75. The maximum atomic E-state index is 3.87. The Morgan fingerprint density at radius 1 is 1.15 bits per heavy atom. The van der Waals surface area contributed by atoms with E-state index in [2.05, 4.69) is 60.1 Å². The van der Waals surface area contributed by atoms with Gasteiger partial charge in [-0.3, -0.25) is 0 Å². The highest BCUT2D eigenvalue weighted by molar-refractivity contribution is 7.10. The van der Waals surface area contributed by atoms with E-state index in [0.717, 1.165) is 5.92 Å². The second kappa shape index (κ2) is 6.55. The van der Waals surface area contributed by atoms with Gasteiger partial charge in [0.15, 0.2) is 0 Å². The molecular weight excluding hydrogens is 262 g/mol. The molecule has 1 nitrogen and oxygen atoms in total. The Hall–Kier alpha value is -1.12. The molecule has 0 bridgehead atoms. The topological polar surface area (TPSA) is 12.0 Å². The second-order valence-corrected chi connectivity index (χ2v) is 6.78. The van der Waals surface area contributed by atoms with Crippen LogP contribution in [-0.4, -0.2) is 6.04 Å². The Bertz CT molecular complexity index is 499. The minimum absolute atomic E-state index is 0.557. The predicted molar refractivity (Wildman–Crippen MR) is 87.3 cm³/mol. The Morgan fingerprint density at radius 3 is 2.60 bits per heavy atom. The molecule has 1 aromatic carbocycles. The molecule has 1 heterocycles. The maximum absolute atomic E-state index is 3.87. The number of thiophene rings is 1. The smallest absolute Gasteiger partial charge is 0.0416 e. The molecular formula is C18H23NS. The first-order valence-electron chi connectivity index (χ1n) is 7.71. The summed E-state index contributed by atoms with van der Waals surface area (Å²) in [7, 11) is 0. The van der Waals surface area contributed by atoms with Gasteiger partial charge in [-0.05, 0) is 42.2 Å². The van der Waals surface area contributed by atoms with Gasteiger partial charge in [-0.25, -0.2) is 0 Å². The van der Waals surface area contributed by atoms with Crippen LogP contribution in [0.2, 0.25) is 0 Å². The molecule has 1 aliphatic rings. The Kier molecular flexibility index (Phi) is 4.54. The average Bonchev–Trinajstić information content (AvgIpc) is 2.96. The van der Waals surface area contributed by atoms with Crippen molar-refractivity contribution in [2.75, 3.05) is 0 Å². The van der Waals surface area contributed by atoms with E-state index in [1.807, 2.05) is 11.3 Å². The third-order valence-corrected chi connectivity index (χ3v) is 5.30.